The Morgan fingerprint density at radius 2 is 1.32 bits per heavy atom. The summed E-state index contributed by atoms with van der Waals surface area (Å²) in [5.41, 5.74) is 5.87. The van der Waals surface area contributed by atoms with Gasteiger partial charge in [0.15, 0.2) is 0 Å². The summed E-state index contributed by atoms with van der Waals surface area (Å²) < 4.78 is 9.51. The molecule has 4 unspecified atom stereocenters. The predicted octanol–water partition coefficient (Wildman–Crippen LogP) is 5.63. The lowest BCUT2D eigenvalue weighted by Crippen LogP contribution is -2.51. The second kappa shape index (κ2) is 16.1. The van der Waals surface area contributed by atoms with Crippen molar-refractivity contribution in [2.75, 3.05) is 27.3 Å². The lowest BCUT2D eigenvalue weighted by atomic mass is 10.0. The highest BCUT2D eigenvalue weighted by Gasteiger charge is 2.39. The van der Waals surface area contributed by atoms with E-state index in [0.717, 1.165) is 70.7 Å². The van der Waals surface area contributed by atoms with Crippen LogP contribution in [0.3, 0.4) is 0 Å². The summed E-state index contributed by atoms with van der Waals surface area (Å²) in [6.07, 6.45) is 4.52. The Morgan fingerprint density at radius 3 is 1.87 bits per heavy atom. The molecule has 4 atom stereocenters. The fourth-order valence-corrected chi connectivity index (χ4v) is 7.42. The number of rotatable bonds is 11. The number of carbonyl (C=O) groups is 4. The number of likely N-dealkylation sites (tertiary alicyclic amines) is 2. The molecule has 14 heteroatoms. The van der Waals surface area contributed by atoms with Gasteiger partial charge in [-0.15, -0.1) is 0 Å². The standard InChI is InChI=1S/C39H50N8O6/c1-22(2)32(44-38(50)52-5)36(48)46-17-7-9-30(46)34-40-21-27(41-34)19-24-11-13-25(14-12-24)26-15-16-28-29(20-26)43-35(42-28)31-10-8-18-47(31)37(49)33(23(3)4)45-39(51)53-6/h11-16,20-23,30-33H,7-10,17-19H2,1-6H3,(H,40,41)(H,42,43)(H,44,50)(H,45,51). The van der Waals surface area contributed by atoms with Crippen molar-refractivity contribution in [1.82, 2.24) is 40.4 Å². The molecule has 53 heavy (non-hydrogen) atoms. The number of aromatic nitrogens is 4. The number of ether oxygens (including phenoxy) is 2. The molecule has 0 bridgehead atoms. The molecule has 4 heterocycles. The van der Waals surface area contributed by atoms with Crippen LogP contribution in [0.15, 0.2) is 48.7 Å². The lowest BCUT2D eigenvalue weighted by Gasteiger charge is -2.30. The van der Waals surface area contributed by atoms with Gasteiger partial charge in [-0.05, 0) is 66.3 Å². The van der Waals surface area contributed by atoms with Crippen molar-refractivity contribution in [2.24, 2.45) is 11.8 Å². The fourth-order valence-electron chi connectivity index (χ4n) is 7.42. The number of aromatic amines is 2. The number of nitrogens with zero attached hydrogens (tertiary/aromatic N) is 4. The molecule has 2 aliphatic rings. The average Bonchev–Trinajstić information content (AvgIpc) is 3.98. The van der Waals surface area contributed by atoms with Crippen LogP contribution in [0.2, 0.25) is 0 Å². The van der Waals surface area contributed by atoms with E-state index in [-0.39, 0.29) is 35.7 Å². The molecule has 2 fully saturated rings. The van der Waals surface area contributed by atoms with Gasteiger partial charge in [0.2, 0.25) is 11.8 Å². The lowest BCUT2D eigenvalue weighted by molar-refractivity contribution is -0.136. The summed E-state index contributed by atoms with van der Waals surface area (Å²) in [6.45, 7) is 8.81. The molecule has 4 aromatic rings. The Labute approximate surface area is 309 Å². The molecular formula is C39H50N8O6. The first-order chi connectivity index (χ1) is 25.5. The molecule has 0 saturated carbocycles. The van der Waals surface area contributed by atoms with Gasteiger partial charge in [-0.2, -0.15) is 0 Å². The van der Waals surface area contributed by atoms with Crippen LogP contribution in [0.5, 0.6) is 0 Å². The maximum absolute atomic E-state index is 13.6. The Balaban J connectivity index is 1.12. The molecule has 6 rings (SSSR count). The maximum atomic E-state index is 13.6. The van der Waals surface area contributed by atoms with Gasteiger partial charge >= 0.3 is 12.2 Å². The zero-order chi connectivity index (χ0) is 37.8. The highest BCUT2D eigenvalue weighted by molar-refractivity contribution is 5.87. The monoisotopic (exact) mass is 726 g/mol. The van der Waals surface area contributed by atoms with Gasteiger partial charge in [-0.3, -0.25) is 9.59 Å². The smallest absolute Gasteiger partial charge is 0.407 e. The number of amides is 4. The van der Waals surface area contributed by atoms with E-state index in [4.69, 9.17) is 14.5 Å². The van der Waals surface area contributed by atoms with Gasteiger partial charge in [0.1, 0.15) is 23.7 Å². The number of alkyl carbamates (subject to hydrolysis) is 2. The minimum atomic E-state index is -0.688. The van der Waals surface area contributed by atoms with Crippen molar-refractivity contribution in [3.63, 3.8) is 0 Å². The van der Waals surface area contributed by atoms with Crippen LogP contribution in [0.25, 0.3) is 22.2 Å². The minimum Gasteiger partial charge on any atom is -0.453 e. The molecule has 2 aliphatic heterocycles. The normalized spacial score (nSPS) is 18.4. The minimum absolute atomic E-state index is 0.0983. The predicted molar refractivity (Wildman–Crippen MR) is 199 cm³/mol. The number of methoxy groups -OCH3 is 2. The Hall–Kier alpha value is -5.40. The van der Waals surface area contributed by atoms with Crippen molar-refractivity contribution >= 4 is 35.0 Å². The molecule has 14 nitrogen and oxygen atoms in total. The van der Waals surface area contributed by atoms with Crippen molar-refractivity contribution in [2.45, 2.75) is 84.0 Å². The van der Waals surface area contributed by atoms with Crippen molar-refractivity contribution in [3.05, 3.63) is 71.6 Å². The quantitative estimate of drug-likeness (QED) is 0.154. The summed E-state index contributed by atoms with van der Waals surface area (Å²) >= 11 is 0. The highest BCUT2D eigenvalue weighted by Crippen LogP contribution is 2.34. The van der Waals surface area contributed by atoms with Gasteiger partial charge in [0, 0.05) is 31.4 Å². The summed E-state index contributed by atoms with van der Waals surface area (Å²) in [5, 5.41) is 5.39. The number of benzene rings is 2. The van der Waals surface area contributed by atoms with Crippen molar-refractivity contribution in [1.29, 1.82) is 0 Å². The van der Waals surface area contributed by atoms with E-state index in [9.17, 15) is 19.2 Å². The largest absolute Gasteiger partial charge is 0.453 e. The summed E-state index contributed by atoms with van der Waals surface area (Å²) in [6, 6.07) is 12.8. The molecule has 282 valence electrons. The van der Waals surface area contributed by atoms with Crippen molar-refractivity contribution < 1.29 is 28.7 Å². The maximum Gasteiger partial charge on any atom is 0.407 e. The first-order valence-electron chi connectivity index (χ1n) is 18.4. The Bertz CT molecular complexity index is 1940. The molecule has 0 spiro atoms. The van der Waals surface area contributed by atoms with E-state index < -0.39 is 24.3 Å². The SMILES string of the molecule is COC(=O)NC(C(=O)N1CCCC1c1ncc(Cc2ccc(-c3ccc4nc(C5CCCN5C(=O)C(NC(=O)OC)C(C)C)[nH]c4c3)cc2)[nH]1)C(C)C. The van der Waals surface area contributed by atoms with Crippen LogP contribution in [-0.2, 0) is 25.5 Å². The Morgan fingerprint density at radius 1 is 0.774 bits per heavy atom. The Kier molecular flexibility index (Phi) is 11.3. The molecule has 4 N–H and O–H groups in total. The first-order valence-corrected chi connectivity index (χ1v) is 18.4. The number of nitrogens with one attached hydrogen (secondary N) is 4. The van der Waals surface area contributed by atoms with Crippen LogP contribution in [0, 0.1) is 11.8 Å². The first kappa shape index (κ1) is 37.4. The topological polar surface area (TPSA) is 175 Å². The zero-order valence-electron chi connectivity index (χ0n) is 31.3. The third-order valence-corrected chi connectivity index (χ3v) is 10.3. The fraction of sp³-hybridized carbons (Fsp3) is 0.487. The van der Waals surface area contributed by atoms with Crippen LogP contribution in [0.4, 0.5) is 9.59 Å². The van der Waals surface area contributed by atoms with E-state index in [1.165, 1.54) is 14.2 Å². The van der Waals surface area contributed by atoms with Gasteiger partial charge in [0.25, 0.3) is 0 Å². The van der Waals surface area contributed by atoms with Gasteiger partial charge in [-0.1, -0.05) is 58.0 Å². The van der Waals surface area contributed by atoms with E-state index >= 15 is 0 Å². The zero-order valence-corrected chi connectivity index (χ0v) is 31.3. The van der Waals surface area contributed by atoms with Gasteiger partial charge < -0.3 is 39.9 Å². The number of carbonyl (C=O) groups excluding carboxylic acids is 4. The van der Waals surface area contributed by atoms with E-state index in [1.54, 1.807) is 0 Å². The third-order valence-electron chi connectivity index (χ3n) is 10.3. The molecule has 4 amide bonds. The number of hydrogen-bond acceptors (Lipinski definition) is 8. The van der Waals surface area contributed by atoms with E-state index in [1.807, 2.05) is 49.8 Å². The van der Waals surface area contributed by atoms with Crippen LogP contribution in [0.1, 0.15) is 88.4 Å². The third kappa shape index (κ3) is 8.16. The second-order valence-electron chi connectivity index (χ2n) is 14.6. The van der Waals surface area contributed by atoms with E-state index in [0.29, 0.717) is 19.5 Å². The summed E-state index contributed by atoms with van der Waals surface area (Å²) in [7, 11) is 2.58. The summed E-state index contributed by atoms with van der Waals surface area (Å²) in [5.74, 6) is 1.01. The van der Waals surface area contributed by atoms with Gasteiger partial charge in [0.05, 0.1) is 37.3 Å². The summed E-state index contributed by atoms with van der Waals surface area (Å²) in [4.78, 5) is 71.0. The van der Waals surface area contributed by atoms with Crippen LogP contribution in [-0.4, -0.2) is 93.1 Å². The average molecular weight is 727 g/mol. The molecule has 2 aromatic carbocycles. The molecular weight excluding hydrogens is 676 g/mol. The van der Waals surface area contributed by atoms with Crippen LogP contribution < -0.4 is 10.6 Å². The van der Waals surface area contributed by atoms with Crippen molar-refractivity contribution in [3.8, 4) is 11.1 Å². The number of H-pyrrole nitrogens is 2. The molecule has 2 aromatic heterocycles. The van der Waals surface area contributed by atoms with Gasteiger partial charge in [-0.25, -0.2) is 19.6 Å². The second-order valence-corrected chi connectivity index (χ2v) is 14.6. The van der Waals surface area contributed by atoms with Crippen LogP contribution >= 0.6 is 0 Å². The number of imidazole rings is 2. The highest BCUT2D eigenvalue weighted by atomic mass is 16.5. The molecule has 0 radical (unpaired) electrons. The molecule has 0 aliphatic carbocycles. The molecule has 2 saturated heterocycles. The number of fused-ring (bicyclic) bond motifs is 1. The van der Waals surface area contributed by atoms with E-state index in [2.05, 4.69) is 62.0 Å². The number of hydrogen-bond donors (Lipinski definition) is 4.